The van der Waals surface area contributed by atoms with Gasteiger partial charge in [0.1, 0.15) is 6.61 Å². The van der Waals surface area contributed by atoms with E-state index in [1.54, 1.807) is 0 Å². The highest BCUT2D eigenvalue weighted by molar-refractivity contribution is 4.64. The summed E-state index contributed by atoms with van der Waals surface area (Å²) in [6, 6.07) is 0. The summed E-state index contributed by atoms with van der Waals surface area (Å²) in [6.45, 7) is 0.667. The van der Waals surface area contributed by atoms with E-state index in [9.17, 15) is 0 Å². The van der Waals surface area contributed by atoms with Crippen molar-refractivity contribution < 1.29 is 5.11 Å². The average molecular weight is 101 g/mol. The molecule has 0 saturated heterocycles. The van der Waals surface area contributed by atoms with E-state index in [0.717, 1.165) is 5.92 Å². The second kappa shape index (κ2) is 2.31. The third-order valence-corrected chi connectivity index (χ3v) is 1.76. The molecule has 0 bridgehead atoms. The molecule has 1 rings (SSSR count). The van der Waals surface area contributed by atoms with Crippen LogP contribution in [0.4, 0.5) is 0 Å². The molecule has 1 fully saturated rings. The molecular formula is C6H13O+. The normalized spacial score (nSPS) is 23.6. The van der Waals surface area contributed by atoms with E-state index < -0.39 is 0 Å². The molecule has 1 heteroatoms. The minimum Gasteiger partial charge on any atom is -0.445 e. The Hall–Kier alpha value is -0.0400. The fourth-order valence-corrected chi connectivity index (χ4v) is 1.21. The maximum atomic E-state index is 7.00. The molecular weight excluding hydrogens is 88.1 g/mol. The molecule has 1 nitrogen and oxygen atoms in total. The zero-order chi connectivity index (χ0) is 5.11. The first-order valence-electron chi connectivity index (χ1n) is 3.08. The van der Waals surface area contributed by atoms with Crippen molar-refractivity contribution in [3.8, 4) is 0 Å². The maximum Gasteiger partial charge on any atom is 0.146 e. The van der Waals surface area contributed by atoms with Crippen LogP contribution in [0.5, 0.6) is 0 Å². The first-order chi connectivity index (χ1) is 3.43. The van der Waals surface area contributed by atoms with Crippen molar-refractivity contribution in [2.75, 3.05) is 6.61 Å². The molecule has 2 N–H and O–H groups in total. The van der Waals surface area contributed by atoms with E-state index in [1.807, 2.05) is 0 Å². The second-order valence-electron chi connectivity index (χ2n) is 2.35. The van der Waals surface area contributed by atoms with E-state index in [4.69, 9.17) is 5.11 Å². The van der Waals surface area contributed by atoms with Gasteiger partial charge < -0.3 is 5.11 Å². The molecule has 0 aliphatic heterocycles. The summed E-state index contributed by atoms with van der Waals surface area (Å²) in [5.74, 6) is 0.764. The van der Waals surface area contributed by atoms with Crippen molar-refractivity contribution in [3.63, 3.8) is 0 Å². The Labute approximate surface area is 44.4 Å². The second-order valence-corrected chi connectivity index (χ2v) is 2.35. The fourth-order valence-electron chi connectivity index (χ4n) is 1.21. The zero-order valence-corrected chi connectivity index (χ0v) is 4.61. The molecule has 0 heterocycles. The summed E-state index contributed by atoms with van der Waals surface area (Å²) in [4.78, 5) is 0. The lowest BCUT2D eigenvalue weighted by Gasteiger charge is -1.95. The Bertz CT molecular complexity index is 46.1. The lowest BCUT2D eigenvalue weighted by Crippen LogP contribution is -1.97. The molecule has 0 aromatic carbocycles. The molecule has 0 aromatic rings. The monoisotopic (exact) mass is 101 g/mol. The Morgan fingerprint density at radius 3 is 2.14 bits per heavy atom. The molecule has 0 unspecified atom stereocenters. The molecule has 0 spiro atoms. The lowest BCUT2D eigenvalue weighted by atomic mass is 10.1. The minimum absolute atomic E-state index is 0.667. The van der Waals surface area contributed by atoms with Crippen LogP contribution >= 0.6 is 0 Å². The van der Waals surface area contributed by atoms with Crippen molar-refractivity contribution in [1.29, 1.82) is 0 Å². The zero-order valence-electron chi connectivity index (χ0n) is 4.61. The molecule has 1 saturated carbocycles. The van der Waals surface area contributed by atoms with Gasteiger partial charge in [-0.1, -0.05) is 12.8 Å². The first kappa shape index (κ1) is 5.10. The van der Waals surface area contributed by atoms with Gasteiger partial charge in [0.25, 0.3) is 0 Å². The summed E-state index contributed by atoms with van der Waals surface area (Å²) in [6.07, 6.45) is 5.40. The van der Waals surface area contributed by atoms with Gasteiger partial charge in [-0.15, -0.1) is 0 Å². The van der Waals surface area contributed by atoms with Crippen LogP contribution in [0.2, 0.25) is 0 Å². The van der Waals surface area contributed by atoms with Crippen molar-refractivity contribution in [3.05, 3.63) is 0 Å². The molecule has 0 radical (unpaired) electrons. The molecule has 42 valence electrons. The number of rotatable bonds is 1. The van der Waals surface area contributed by atoms with Crippen LogP contribution in [0, 0.1) is 5.92 Å². The summed E-state index contributed by atoms with van der Waals surface area (Å²) < 4.78 is 0. The summed E-state index contributed by atoms with van der Waals surface area (Å²) in [5, 5.41) is 7.00. The predicted molar refractivity (Wildman–Crippen MR) is 30.4 cm³/mol. The van der Waals surface area contributed by atoms with Crippen LogP contribution in [0.1, 0.15) is 25.7 Å². The van der Waals surface area contributed by atoms with Crippen molar-refractivity contribution in [1.82, 2.24) is 0 Å². The SMILES string of the molecule is [OH2+]CC1CCCC1. The van der Waals surface area contributed by atoms with Gasteiger partial charge in [0.05, 0.1) is 0 Å². The largest absolute Gasteiger partial charge is 0.445 e. The van der Waals surface area contributed by atoms with Gasteiger partial charge >= 0.3 is 0 Å². The summed E-state index contributed by atoms with van der Waals surface area (Å²) >= 11 is 0. The Balaban J connectivity index is 2.14. The van der Waals surface area contributed by atoms with Crippen molar-refractivity contribution in [2.45, 2.75) is 25.7 Å². The molecule has 1 aliphatic rings. The summed E-state index contributed by atoms with van der Waals surface area (Å²) in [7, 11) is 0. The van der Waals surface area contributed by atoms with Crippen LogP contribution in [0.15, 0.2) is 0 Å². The third-order valence-electron chi connectivity index (χ3n) is 1.76. The van der Waals surface area contributed by atoms with Crippen LogP contribution in [0.25, 0.3) is 0 Å². The van der Waals surface area contributed by atoms with Crippen LogP contribution in [0.3, 0.4) is 0 Å². The number of hydrogen-bond acceptors (Lipinski definition) is 0. The third kappa shape index (κ3) is 1.16. The van der Waals surface area contributed by atoms with Gasteiger partial charge in [0, 0.05) is 5.92 Å². The van der Waals surface area contributed by atoms with Crippen LogP contribution < -0.4 is 0 Å². The molecule has 1 aliphatic carbocycles. The fraction of sp³-hybridized carbons (Fsp3) is 1.00. The highest BCUT2D eigenvalue weighted by Gasteiger charge is 2.14. The smallest absolute Gasteiger partial charge is 0.146 e. The van der Waals surface area contributed by atoms with Crippen molar-refractivity contribution in [2.24, 2.45) is 5.92 Å². The maximum absolute atomic E-state index is 7.00. The highest BCUT2D eigenvalue weighted by atomic mass is 16.3. The number of hydrogen-bond donors (Lipinski definition) is 0. The van der Waals surface area contributed by atoms with E-state index in [2.05, 4.69) is 0 Å². The van der Waals surface area contributed by atoms with Crippen LogP contribution in [-0.2, 0) is 0 Å². The summed E-state index contributed by atoms with van der Waals surface area (Å²) in [5.41, 5.74) is 0. The van der Waals surface area contributed by atoms with E-state index in [0.29, 0.717) is 6.61 Å². The Kier molecular flexibility index (Phi) is 1.69. The minimum atomic E-state index is 0.667. The van der Waals surface area contributed by atoms with Gasteiger partial charge in [-0.05, 0) is 12.8 Å². The average Bonchev–Trinajstić information content (AvgIpc) is 2.14. The first-order valence-corrected chi connectivity index (χ1v) is 3.08. The Morgan fingerprint density at radius 1 is 1.29 bits per heavy atom. The Morgan fingerprint density at radius 2 is 1.86 bits per heavy atom. The van der Waals surface area contributed by atoms with E-state index >= 15 is 0 Å². The molecule has 7 heavy (non-hydrogen) atoms. The topological polar surface area (TPSA) is 22.9 Å². The standard InChI is InChI=1S/C6H12O/c7-5-6-3-1-2-4-6/h6-7H,1-5H2/p+1. The van der Waals surface area contributed by atoms with Crippen molar-refractivity contribution >= 4 is 0 Å². The van der Waals surface area contributed by atoms with Crippen LogP contribution in [-0.4, -0.2) is 11.7 Å². The quantitative estimate of drug-likeness (QED) is 0.438. The lowest BCUT2D eigenvalue weighted by molar-refractivity contribution is 0.230. The molecule has 0 amide bonds. The molecule has 0 atom stereocenters. The van der Waals surface area contributed by atoms with Gasteiger partial charge in [0.2, 0.25) is 0 Å². The highest BCUT2D eigenvalue weighted by Crippen LogP contribution is 2.23. The van der Waals surface area contributed by atoms with E-state index in [-0.39, 0.29) is 0 Å². The molecule has 0 aromatic heterocycles. The van der Waals surface area contributed by atoms with Gasteiger partial charge in [0.15, 0.2) is 0 Å². The van der Waals surface area contributed by atoms with Gasteiger partial charge in [-0.2, -0.15) is 0 Å². The predicted octanol–water partition coefficient (Wildman–Crippen LogP) is 0.901. The van der Waals surface area contributed by atoms with Gasteiger partial charge in [-0.25, -0.2) is 0 Å². The van der Waals surface area contributed by atoms with E-state index in [1.165, 1.54) is 25.7 Å². The van der Waals surface area contributed by atoms with Gasteiger partial charge in [-0.3, -0.25) is 0 Å².